The maximum absolute atomic E-state index is 11.3. The Morgan fingerprint density at radius 3 is 2.80 bits per heavy atom. The lowest BCUT2D eigenvalue weighted by Crippen LogP contribution is -2.35. The molecule has 0 aromatic heterocycles. The number of hydrogen-bond donors (Lipinski definition) is 1. The highest BCUT2D eigenvalue weighted by atomic mass is 35.6. The molecule has 1 amide bonds. The van der Waals surface area contributed by atoms with Crippen LogP contribution in [0.3, 0.4) is 0 Å². The normalized spacial score (nSPS) is 21.2. The van der Waals surface area contributed by atoms with Crippen LogP contribution in [0.15, 0.2) is 12.7 Å². The number of carbonyl (C=O) groups is 1. The molecule has 0 saturated carbocycles. The molecule has 1 aliphatic heterocycles. The van der Waals surface area contributed by atoms with Crippen molar-refractivity contribution in [1.29, 1.82) is 0 Å². The summed E-state index contributed by atoms with van der Waals surface area (Å²) in [5, 5.41) is 2.55. The third kappa shape index (κ3) is 7.14. The van der Waals surface area contributed by atoms with Crippen LogP contribution < -0.4 is 5.32 Å². The van der Waals surface area contributed by atoms with Crippen molar-refractivity contribution >= 4 is 40.7 Å². The van der Waals surface area contributed by atoms with E-state index >= 15 is 0 Å². The summed E-state index contributed by atoms with van der Waals surface area (Å²) < 4.78 is 9.38. The molecule has 0 aromatic rings. The van der Waals surface area contributed by atoms with Gasteiger partial charge in [0.1, 0.15) is 0 Å². The first-order valence-corrected chi connectivity index (χ1v) is 7.81. The summed E-state index contributed by atoms with van der Waals surface area (Å²) in [4.78, 5) is 11.3. The van der Waals surface area contributed by atoms with Crippen molar-refractivity contribution in [2.45, 2.75) is 48.3 Å². The molecule has 7 heteroatoms. The molecule has 2 unspecified atom stereocenters. The van der Waals surface area contributed by atoms with Crippen LogP contribution in [0.5, 0.6) is 0 Å². The second-order valence-electron chi connectivity index (χ2n) is 4.60. The van der Waals surface area contributed by atoms with Crippen LogP contribution in [-0.2, 0) is 14.3 Å². The Morgan fingerprint density at radius 2 is 2.25 bits per heavy atom. The standard InChI is InChI=1S/C13H20Cl3NO3/c1-2-10(20-11-7-3-4-9-19-11)6-5-8-17-12(18)13(14,15)16/h2,10-11H,1,3-9H2,(H,17,18). The van der Waals surface area contributed by atoms with Gasteiger partial charge in [0.2, 0.25) is 0 Å². The van der Waals surface area contributed by atoms with Gasteiger partial charge in [0.05, 0.1) is 6.10 Å². The van der Waals surface area contributed by atoms with E-state index in [0.717, 1.165) is 32.3 Å². The highest BCUT2D eigenvalue weighted by Crippen LogP contribution is 2.25. The molecule has 20 heavy (non-hydrogen) atoms. The minimum absolute atomic E-state index is 0.0947. The first-order chi connectivity index (χ1) is 9.43. The molecule has 1 rings (SSSR count). The third-order valence-corrected chi connectivity index (χ3v) is 3.45. The zero-order valence-electron chi connectivity index (χ0n) is 11.2. The van der Waals surface area contributed by atoms with Gasteiger partial charge >= 0.3 is 0 Å². The van der Waals surface area contributed by atoms with Gasteiger partial charge < -0.3 is 14.8 Å². The van der Waals surface area contributed by atoms with Gasteiger partial charge in [-0.25, -0.2) is 0 Å². The van der Waals surface area contributed by atoms with Crippen LogP contribution in [0.1, 0.15) is 32.1 Å². The Morgan fingerprint density at radius 1 is 1.50 bits per heavy atom. The van der Waals surface area contributed by atoms with Gasteiger partial charge in [-0.05, 0) is 32.1 Å². The number of alkyl halides is 3. The van der Waals surface area contributed by atoms with Crippen molar-refractivity contribution in [3.05, 3.63) is 12.7 Å². The molecule has 1 N–H and O–H groups in total. The topological polar surface area (TPSA) is 47.6 Å². The molecule has 0 bridgehead atoms. The lowest BCUT2D eigenvalue weighted by Gasteiger charge is -2.26. The number of hydrogen-bond acceptors (Lipinski definition) is 3. The van der Waals surface area contributed by atoms with Gasteiger partial charge in [-0.15, -0.1) is 6.58 Å². The van der Waals surface area contributed by atoms with E-state index in [9.17, 15) is 4.79 Å². The maximum Gasteiger partial charge on any atom is 0.272 e. The quantitative estimate of drug-likeness (QED) is 0.438. The summed E-state index contributed by atoms with van der Waals surface area (Å²) in [6.45, 7) is 4.91. The van der Waals surface area contributed by atoms with Gasteiger partial charge in [-0.1, -0.05) is 40.9 Å². The molecule has 2 atom stereocenters. The molecule has 1 heterocycles. The zero-order chi connectivity index (χ0) is 15.0. The second kappa shape index (κ2) is 9.11. The Bertz CT molecular complexity index is 314. The number of carbonyl (C=O) groups excluding carboxylic acids is 1. The first-order valence-electron chi connectivity index (χ1n) is 6.68. The van der Waals surface area contributed by atoms with Crippen LogP contribution in [-0.4, -0.2) is 35.2 Å². The monoisotopic (exact) mass is 343 g/mol. The number of amides is 1. The third-order valence-electron chi connectivity index (χ3n) is 2.94. The van der Waals surface area contributed by atoms with E-state index in [4.69, 9.17) is 44.3 Å². The number of rotatable bonds is 7. The Kier molecular flexibility index (Phi) is 8.22. The van der Waals surface area contributed by atoms with E-state index < -0.39 is 9.70 Å². The lowest BCUT2D eigenvalue weighted by atomic mass is 10.1. The molecule has 0 spiro atoms. The average molecular weight is 345 g/mol. The fourth-order valence-corrected chi connectivity index (χ4v) is 2.06. The summed E-state index contributed by atoms with van der Waals surface area (Å²) in [7, 11) is 0. The lowest BCUT2D eigenvalue weighted by molar-refractivity contribution is -0.179. The predicted molar refractivity (Wildman–Crippen MR) is 81.2 cm³/mol. The van der Waals surface area contributed by atoms with Crippen LogP contribution in [0, 0.1) is 0 Å². The van der Waals surface area contributed by atoms with Gasteiger partial charge in [0.25, 0.3) is 9.70 Å². The summed E-state index contributed by atoms with van der Waals surface area (Å²) in [5.74, 6) is -0.616. The SMILES string of the molecule is C=CC(CCCNC(=O)C(Cl)(Cl)Cl)OC1CCCCO1. The largest absolute Gasteiger partial charge is 0.353 e. The van der Waals surface area contributed by atoms with Crippen molar-refractivity contribution in [2.75, 3.05) is 13.2 Å². The molecule has 1 saturated heterocycles. The molecule has 0 radical (unpaired) electrons. The van der Waals surface area contributed by atoms with Gasteiger partial charge in [-0.2, -0.15) is 0 Å². The van der Waals surface area contributed by atoms with E-state index in [-0.39, 0.29) is 12.4 Å². The Balaban J connectivity index is 2.18. The molecule has 0 aliphatic carbocycles. The summed E-state index contributed by atoms with van der Waals surface area (Å²) in [6.07, 6.45) is 6.04. The molecular formula is C13H20Cl3NO3. The number of nitrogens with one attached hydrogen (secondary N) is 1. The van der Waals surface area contributed by atoms with E-state index in [1.54, 1.807) is 6.08 Å². The van der Waals surface area contributed by atoms with Crippen LogP contribution in [0.25, 0.3) is 0 Å². The van der Waals surface area contributed by atoms with Crippen LogP contribution >= 0.6 is 34.8 Å². The smallest absolute Gasteiger partial charge is 0.272 e. The molecular weight excluding hydrogens is 325 g/mol. The van der Waals surface area contributed by atoms with Crippen molar-refractivity contribution in [3.8, 4) is 0 Å². The summed E-state index contributed by atoms with van der Waals surface area (Å²) in [5.41, 5.74) is 0. The van der Waals surface area contributed by atoms with Gasteiger partial charge in [0.15, 0.2) is 6.29 Å². The van der Waals surface area contributed by atoms with Crippen molar-refractivity contribution in [2.24, 2.45) is 0 Å². The number of ether oxygens (including phenoxy) is 2. The van der Waals surface area contributed by atoms with Crippen molar-refractivity contribution in [3.63, 3.8) is 0 Å². The molecule has 1 aliphatic rings. The number of halogens is 3. The van der Waals surface area contributed by atoms with Crippen molar-refractivity contribution in [1.82, 2.24) is 5.32 Å². The summed E-state index contributed by atoms with van der Waals surface area (Å²) >= 11 is 16.3. The van der Waals surface area contributed by atoms with E-state index in [1.165, 1.54) is 0 Å². The van der Waals surface area contributed by atoms with E-state index in [1.807, 2.05) is 0 Å². The van der Waals surface area contributed by atoms with E-state index in [0.29, 0.717) is 13.0 Å². The van der Waals surface area contributed by atoms with E-state index in [2.05, 4.69) is 11.9 Å². The maximum atomic E-state index is 11.3. The minimum Gasteiger partial charge on any atom is -0.353 e. The zero-order valence-corrected chi connectivity index (χ0v) is 13.5. The molecule has 0 aromatic carbocycles. The van der Waals surface area contributed by atoms with Crippen LogP contribution in [0.4, 0.5) is 0 Å². The molecule has 1 fully saturated rings. The van der Waals surface area contributed by atoms with Crippen molar-refractivity contribution < 1.29 is 14.3 Å². The fraction of sp³-hybridized carbons (Fsp3) is 0.769. The molecule has 4 nitrogen and oxygen atoms in total. The minimum atomic E-state index is -1.91. The highest BCUT2D eigenvalue weighted by molar-refractivity contribution is 6.76. The highest BCUT2D eigenvalue weighted by Gasteiger charge is 2.30. The predicted octanol–water partition coefficient (Wildman–Crippen LogP) is 3.35. The Hall–Kier alpha value is -0.0000000000000000416. The summed E-state index contributed by atoms with van der Waals surface area (Å²) in [6, 6.07) is 0. The first kappa shape index (κ1) is 18.1. The van der Waals surface area contributed by atoms with Gasteiger partial charge in [0, 0.05) is 13.2 Å². The Labute approximate surface area is 134 Å². The second-order valence-corrected chi connectivity index (χ2v) is 6.88. The van der Waals surface area contributed by atoms with Gasteiger partial charge in [-0.3, -0.25) is 4.79 Å². The fourth-order valence-electron chi connectivity index (χ4n) is 1.86. The van der Waals surface area contributed by atoms with Crippen LogP contribution in [0.2, 0.25) is 0 Å². The molecule has 116 valence electrons. The average Bonchev–Trinajstić information content (AvgIpc) is 2.42.